The van der Waals surface area contributed by atoms with Crippen LogP contribution < -0.4 is 5.73 Å². The fourth-order valence-corrected chi connectivity index (χ4v) is 1.43. The smallest absolute Gasteiger partial charge is 0.147 e. The first-order valence-electron chi connectivity index (χ1n) is 3.75. The van der Waals surface area contributed by atoms with Gasteiger partial charge in [-0.15, -0.1) is 0 Å². The molecule has 0 aliphatic carbocycles. The molecule has 13 heavy (non-hydrogen) atoms. The van der Waals surface area contributed by atoms with Gasteiger partial charge in [-0.1, -0.05) is 22.0 Å². The molecule has 4 heteroatoms. The van der Waals surface area contributed by atoms with E-state index >= 15 is 0 Å². The summed E-state index contributed by atoms with van der Waals surface area (Å²) in [6.45, 7) is 1.48. The number of rotatable bonds is 2. The maximum atomic E-state index is 11.0. The minimum absolute atomic E-state index is 0.0163. The average Bonchev–Trinajstić information content (AvgIpc) is 2.03. The highest BCUT2D eigenvalue weighted by atomic mass is 79.9. The van der Waals surface area contributed by atoms with Gasteiger partial charge in [0.05, 0.1) is 4.83 Å². The van der Waals surface area contributed by atoms with Crippen LogP contribution >= 0.6 is 15.9 Å². The Bertz CT molecular complexity index is 338. The van der Waals surface area contributed by atoms with Gasteiger partial charge in [-0.3, -0.25) is 4.79 Å². The summed E-state index contributed by atoms with van der Waals surface area (Å²) in [7, 11) is 0. The molecule has 1 atom stereocenters. The largest absolute Gasteiger partial charge is 0.508 e. The van der Waals surface area contributed by atoms with Crippen molar-refractivity contribution >= 4 is 27.4 Å². The number of aromatic hydroxyl groups is 1. The topological polar surface area (TPSA) is 63.3 Å². The van der Waals surface area contributed by atoms with E-state index in [1.54, 1.807) is 6.07 Å². The summed E-state index contributed by atoms with van der Waals surface area (Å²) in [5.41, 5.74) is 6.72. The van der Waals surface area contributed by atoms with Crippen molar-refractivity contribution in [3.05, 3.63) is 23.8 Å². The number of benzene rings is 1. The zero-order valence-electron chi connectivity index (χ0n) is 7.12. The maximum absolute atomic E-state index is 11.0. The third kappa shape index (κ3) is 2.21. The Labute approximate surface area is 84.7 Å². The summed E-state index contributed by atoms with van der Waals surface area (Å²) < 4.78 is 0. The monoisotopic (exact) mass is 243 g/mol. The predicted octanol–water partition coefficient (Wildman–Crippen LogP) is 2.00. The lowest BCUT2D eigenvalue weighted by molar-refractivity contribution is -0.116. The molecule has 1 aromatic rings. The van der Waals surface area contributed by atoms with Gasteiger partial charge >= 0.3 is 0 Å². The summed E-state index contributed by atoms with van der Waals surface area (Å²) in [6.07, 6.45) is 0. The lowest BCUT2D eigenvalue weighted by Crippen LogP contribution is -2.04. The van der Waals surface area contributed by atoms with Crippen LogP contribution in [0.15, 0.2) is 18.2 Å². The zero-order valence-corrected chi connectivity index (χ0v) is 8.71. The molecule has 0 aromatic heterocycles. The summed E-state index contributed by atoms with van der Waals surface area (Å²) >= 11 is 3.21. The zero-order chi connectivity index (χ0) is 10.0. The van der Waals surface area contributed by atoms with Crippen LogP contribution in [0.25, 0.3) is 0 Å². The van der Waals surface area contributed by atoms with Crippen molar-refractivity contribution in [1.29, 1.82) is 0 Å². The number of halogens is 1. The van der Waals surface area contributed by atoms with Gasteiger partial charge in [0.25, 0.3) is 0 Å². The van der Waals surface area contributed by atoms with Crippen molar-refractivity contribution < 1.29 is 9.90 Å². The van der Waals surface area contributed by atoms with Crippen molar-refractivity contribution in [3.8, 4) is 5.75 Å². The van der Waals surface area contributed by atoms with E-state index in [1.165, 1.54) is 19.1 Å². The number of alkyl halides is 1. The van der Waals surface area contributed by atoms with Gasteiger partial charge in [-0.2, -0.15) is 0 Å². The van der Waals surface area contributed by atoms with E-state index in [0.29, 0.717) is 11.3 Å². The Morgan fingerprint density at radius 3 is 2.69 bits per heavy atom. The second-order valence-corrected chi connectivity index (χ2v) is 3.70. The molecule has 0 saturated carbocycles. The Hall–Kier alpha value is -1.03. The lowest BCUT2D eigenvalue weighted by Gasteiger charge is -2.09. The molecule has 3 N–H and O–H groups in total. The first-order valence-corrected chi connectivity index (χ1v) is 4.67. The first kappa shape index (κ1) is 10.1. The van der Waals surface area contributed by atoms with Crippen molar-refractivity contribution in [2.75, 3.05) is 5.73 Å². The van der Waals surface area contributed by atoms with Crippen LogP contribution in [0.2, 0.25) is 0 Å². The van der Waals surface area contributed by atoms with E-state index in [1.807, 2.05) is 0 Å². The molecule has 0 aliphatic heterocycles. The third-order valence-corrected chi connectivity index (χ3v) is 2.84. The van der Waals surface area contributed by atoms with E-state index in [-0.39, 0.29) is 11.5 Å². The van der Waals surface area contributed by atoms with Crippen LogP contribution in [0, 0.1) is 0 Å². The summed E-state index contributed by atoms with van der Waals surface area (Å²) in [6, 6.07) is 4.56. The number of nitrogen functional groups attached to an aromatic ring is 1. The molecule has 0 saturated heterocycles. The van der Waals surface area contributed by atoms with E-state index in [4.69, 9.17) is 10.8 Å². The Kier molecular flexibility index (Phi) is 2.93. The van der Waals surface area contributed by atoms with Gasteiger partial charge < -0.3 is 10.8 Å². The Morgan fingerprint density at radius 1 is 1.62 bits per heavy atom. The summed E-state index contributed by atoms with van der Waals surface area (Å²) in [5.74, 6) is 0.0851. The van der Waals surface area contributed by atoms with Gasteiger partial charge in [0.2, 0.25) is 0 Å². The first-order chi connectivity index (χ1) is 6.02. The van der Waals surface area contributed by atoms with Crippen LogP contribution in [0.5, 0.6) is 5.75 Å². The van der Waals surface area contributed by atoms with Gasteiger partial charge in [-0.05, 0) is 18.6 Å². The maximum Gasteiger partial charge on any atom is 0.147 e. The molecular formula is C9H10BrNO2. The molecule has 1 rings (SSSR count). The number of hydrogen-bond donors (Lipinski definition) is 2. The van der Waals surface area contributed by atoms with Crippen molar-refractivity contribution in [2.24, 2.45) is 0 Å². The minimum atomic E-state index is -0.395. The van der Waals surface area contributed by atoms with Crippen LogP contribution in [-0.4, -0.2) is 10.9 Å². The molecule has 0 amide bonds. The SMILES string of the molecule is CC(=O)C(Br)c1ccc(O)cc1N. The number of ketones is 1. The number of anilines is 1. The summed E-state index contributed by atoms with van der Waals surface area (Å²) in [5, 5.41) is 9.08. The number of hydrogen-bond acceptors (Lipinski definition) is 3. The highest BCUT2D eigenvalue weighted by molar-refractivity contribution is 9.09. The standard InChI is InChI=1S/C9H10BrNO2/c1-5(12)9(10)7-3-2-6(13)4-8(7)11/h2-4,9,13H,11H2,1H3. The Morgan fingerprint density at radius 2 is 2.23 bits per heavy atom. The molecule has 3 nitrogen and oxygen atoms in total. The molecule has 1 unspecified atom stereocenters. The second-order valence-electron chi connectivity index (χ2n) is 2.79. The molecule has 0 bridgehead atoms. The molecule has 0 fully saturated rings. The number of carbonyl (C=O) groups is 1. The fourth-order valence-electron chi connectivity index (χ4n) is 1.01. The van der Waals surface area contributed by atoms with Gasteiger partial charge in [0.15, 0.2) is 0 Å². The van der Waals surface area contributed by atoms with Crippen LogP contribution in [0.3, 0.4) is 0 Å². The molecule has 0 aliphatic rings. The average molecular weight is 244 g/mol. The van der Waals surface area contributed by atoms with Crippen LogP contribution in [0.4, 0.5) is 5.69 Å². The highest BCUT2D eigenvalue weighted by Gasteiger charge is 2.15. The number of phenols is 1. The fraction of sp³-hybridized carbons (Fsp3) is 0.222. The second kappa shape index (κ2) is 3.79. The summed E-state index contributed by atoms with van der Waals surface area (Å²) in [4.78, 5) is 10.6. The Balaban J connectivity index is 3.08. The minimum Gasteiger partial charge on any atom is -0.508 e. The quantitative estimate of drug-likeness (QED) is 0.617. The predicted molar refractivity (Wildman–Crippen MR) is 54.9 cm³/mol. The van der Waals surface area contributed by atoms with Crippen LogP contribution in [0.1, 0.15) is 17.3 Å². The molecular weight excluding hydrogens is 234 g/mol. The molecule has 1 aromatic carbocycles. The lowest BCUT2D eigenvalue weighted by atomic mass is 10.1. The van der Waals surface area contributed by atoms with Crippen LogP contribution in [-0.2, 0) is 4.79 Å². The third-order valence-electron chi connectivity index (χ3n) is 1.70. The molecule has 0 spiro atoms. The number of phenolic OH excluding ortho intramolecular Hbond substituents is 1. The van der Waals surface area contributed by atoms with Gasteiger partial charge in [0, 0.05) is 11.8 Å². The van der Waals surface area contributed by atoms with Crippen molar-refractivity contribution in [3.63, 3.8) is 0 Å². The van der Waals surface area contributed by atoms with Gasteiger partial charge in [0.1, 0.15) is 11.5 Å². The normalized spacial score (nSPS) is 12.5. The van der Waals surface area contributed by atoms with E-state index in [9.17, 15) is 4.79 Å². The number of nitrogens with two attached hydrogens (primary N) is 1. The number of Topliss-reactive ketones (excluding diaryl/α,β-unsaturated/α-hetero) is 1. The van der Waals surface area contributed by atoms with E-state index in [0.717, 1.165) is 0 Å². The van der Waals surface area contributed by atoms with Crippen molar-refractivity contribution in [1.82, 2.24) is 0 Å². The molecule has 70 valence electrons. The van der Waals surface area contributed by atoms with Gasteiger partial charge in [-0.25, -0.2) is 0 Å². The molecule has 0 radical (unpaired) electrons. The highest BCUT2D eigenvalue weighted by Crippen LogP contribution is 2.30. The van der Waals surface area contributed by atoms with E-state index < -0.39 is 4.83 Å². The number of carbonyl (C=O) groups excluding carboxylic acids is 1. The molecule has 0 heterocycles. The van der Waals surface area contributed by atoms with E-state index in [2.05, 4.69) is 15.9 Å². The van der Waals surface area contributed by atoms with Crippen molar-refractivity contribution in [2.45, 2.75) is 11.8 Å².